The van der Waals surface area contributed by atoms with Gasteiger partial charge in [-0.25, -0.2) is 8.42 Å². The lowest BCUT2D eigenvalue weighted by atomic mass is 10.1. The normalized spacial score (nSPS) is 12.6. The molecular formula is C22H31NO5S. The zero-order valence-corrected chi connectivity index (χ0v) is 18.6. The topological polar surface area (TPSA) is 73.9 Å². The number of benzene rings is 2. The number of rotatable bonds is 11. The third kappa shape index (κ3) is 6.11. The lowest BCUT2D eigenvalue weighted by molar-refractivity contribution is 0.287. The molecule has 0 spiro atoms. The molecule has 1 N–H and O–H groups in total. The van der Waals surface area contributed by atoms with E-state index in [4.69, 9.17) is 14.2 Å². The average molecular weight is 422 g/mol. The van der Waals surface area contributed by atoms with E-state index in [-0.39, 0.29) is 10.9 Å². The minimum atomic E-state index is -3.41. The van der Waals surface area contributed by atoms with Gasteiger partial charge in [0.2, 0.25) is 0 Å². The third-order valence-electron chi connectivity index (χ3n) is 4.62. The number of hydrogen-bond donors (Lipinski definition) is 1. The molecule has 0 aliphatic rings. The maximum Gasteiger partial charge on any atom is 0.184 e. The molecule has 1 atom stereocenters. The highest BCUT2D eigenvalue weighted by molar-refractivity contribution is 7.92. The Bertz CT molecular complexity index is 896. The molecular weight excluding hydrogens is 390 g/mol. The first kappa shape index (κ1) is 23.0. The lowest BCUT2D eigenvalue weighted by Crippen LogP contribution is -2.32. The summed E-state index contributed by atoms with van der Waals surface area (Å²) in [5, 5.41) is 2.90. The first-order chi connectivity index (χ1) is 13.8. The van der Waals surface area contributed by atoms with Crippen molar-refractivity contribution in [3.8, 4) is 17.2 Å². The van der Waals surface area contributed by atoms with E-state index in [9.17, 15) is 8.42 Å². The van der Waals surface area contributed by atoms with Crippen LogP contribution in [0.25, 0.3) is 0 Å². The summed E-state index contributed by atoms with van der Waals surface area (Å²) in [6, 6.07) is 13.0. The van der Waals surface area contributed by atoms with Crippen LogP contribution < -0.4 is 19.5 Å². The van der Waals surface area contributed by atoms with Crippen molar-refractivity contribution in [2.45, 2.75) is 43.4 Å². The molecule has 29 heavy (non-hydrogen) atoms. The minimum Gasteiger partial charge on any atom is -0.495 e. The van der Waals surface area contributed by atoms with Crippen molar-refractivity contribution in [3.05, 3.63) is 48.0 Å². The summed E-state index contributed by atoms with van der Waals surface area (Å²) in [6.07, 6.45) is 0.694. The molecule has 0 saturated carbocycles. The van der Waals surface area contributed by atoms with Crippen molar-refractivity contribution in [2.75, 3.05) is 27.4 Å². The number of hydrogen-bond acceptors (Lipinski definition) is 6. The Balaban J connectivity index is 1.94. The van der Waals surface area contributed by atoms with Gasteiger partial charge in [-0.15, -0.1) is 0 Å². The van der Waals surface area contributed by atoms with E-state index in [1.165, 1.54) is 7.11 Å². The van der Waals surface area contributed by atoms with E-state index >= 15 is 0 Å². The van der Waals surface area contributed by atoms with Gasteiger partial charge in [0.1, 0.15) is 17.3 Å². The van der Waals surface area contributed by atoms with Gasteiger partial charge in [0, 0.05) is 12.6 Å². The van der Waals surface area contributed by atoms with E-state index in [0.29, 0.717) is 36.8 Å². The van der Waals surface area contributed by atoms with E-state index < -0.39 is 15.1 Å². The van der Waals surface area contributed by atoms with Gasteiger partial charge < -0.3 is 19.5 Å². The van der Waals surface area contributed by atoms with E-state index in [1.54, 1.807) is 33.1 Å². The Morgan fingerprint density at radius 3 is 2.21 bits per heavy atom. The van der Waals surface area contributed by atoms with Crippen LogP contribution >= 0.6 is 0 Å². The standard InChI is InChI=1S/C22H31NO5S/c1-16(2)29(24,25)22-15-18(10-11-21(22)27-5)14-17(3)23-12-13-28-20-9-7-6-8-19(20)26-4/h6-11,15-17,23H,12-14H2,1-5H3. The van der Waals surface area contributed by atoms with Crippen LogP contribution in [0.1, 0.15) is 26.3 Å². The Kier molecular flexibility index (Phi) is 8.34. The second-order valence-electron chi connectivity index (χ2n) is 7.14. The van der Waals surface area contributed by atoms with Crippen molar-refractivity contribution >= 4 is 9.84 Å². The molecule has 0 amide bonds. The molecule has 2 aromatic carbocycles. The zero-order chi connectivity index (χ0) is 21.4. The van der Waals surface area contributed by atoms with Crippen LogP contribution in [-0.4, -0.2) is 47.1 Å². The molecule has 6 nitrogen and oxygen atoms in total. The molecule has 0 aliphatic carbocycles. The maximum atomic E-state index is 12.6. The highest BCUT2D eigenvalue weighted by Crippen LogP contribution is 2.28. The molecule has 160 valence electrons. The molecule has 0 bridgehead atoms. The smallest absolute Gasteiger partial charge is 0.184 e. The summed E-state index contributed by atoms with van der Waals surface area (Å²) in [5.74, 6) is 1.80. The summed E-state index contributed by atoms with van der Waals surface area (Å²) >= 11 is 0. The predicted molar refractivity (Wildman–Crippen MR) is 115 cm³/mol. The fourth-order valence-corrected chi connectivity index (χ4v) is 4.21. The van der Waals surface area contributed by atoms with Crippen LogP contribution in [0.2, 0.25) is 0 Å². The largest absolute Gasteiger partial charge is 0.495 e. The van der Waals surface area contributed by atoms with Gasteiger partial charge in [-0.1, -0.05) is 18.2 Å². The molecule has 2 aromatic rings. The Morgan fingerprint density at radius 2 is 1.59 bits per heavy atom. The van der Waals surface area contributed by atoms with Crippen molar-refractivity contribution in [3.63, 3.8) is 0 Å². The van der Waals surface area contributed by atoms with Crippen LogP contribution in [0.4, 0.5) is 0 Å². The molecule has 0 fully saturated rings. The fourth-order valence-electron chi connectivity index (χ4n) is 2.95. The molecule has 0 aromatic heterocycles. The van der Waals surface area contributed by atoms with Gasteiger partial charge in [0.05, 0.1) is 19.5 Å². The molecule has 0 radical (unpaired) electrons. The van der Waals surface area contributed by atoms with Gasteiger partial charge in [0.15, 0.2) is 21.3 Å². The number of ether oxygens (including phenoxy) is 3. The first-order valence-corrected chi connectivity index (χ1v) is 11.2. The minimum absolute atomic E-state index is 0.152. The summed E-state index contributed by atoms with van der Waals surface area (Å²) < 4.78 is 41.5. The second-order valence-corrected chi connectivity index (χ2v) is 9.61. The number of para-hydroxylation sites is 2. The molecule has 0 heterocycles. The molecule has 2 rings (SSSR count). The van der Waals surface area contributed by atoms with E-state index in [0.717, 1.165) is 5.56 Å². The first-order valence-electron chi connectivity index (χ1n) is 9.69. The highest BCUT2D eigenvalue weighted by Gasteiger charge is 2.24. The Labute approximate surface area is 174 Å². The second kappa shape index (κ2) is 10.5. The summed E-state index contributed by atoms with van der Waals surface area (Å²) in [7, 11) is -0.311. The Morgan fingerprint density at radius 1 is 0.931 bits per heavy atom. The van der Waals surface area contributed by atoms with Gasteiger partial charge in [-0.3, -0.25) is 0 Å². The van der Waals surface area contributed by atoms with Gasteiger partial charge >= 0.3 is 0 Å². The van der Waals surface area contributed by atoms with E-state index in [2.05, 4.69) is 12.2 Å². The SMILES string of the molecule is COc1ccccc1OCCNC(C)Cc1ccc(OC)c(S(=O)(=O)C(C)C)c1. The molecule has 0 aliphatic heterocycles. The monoisotopic (exact) mass is 421 g/mol. The quantitative estimate of drug-likeness (QED) is 0.560. The van der Waals surface area contributed by atoms with Gasteiger partial charge in [-0.2, -0.15) is 0 Å². The number of methoxy groups -OCH3 is 2. The zero-order valence-electron chi connectivity index (χ0n) is 17.8. The van der Waals surface area contributed by atoms with Crippen LogP contribution in [0, 0.1) is 0 Å². The average Bonchev–Trinajstić information content (AvgIpc) is 2.71. The van der Waals surface area contributed by atoms with Crippen molar-refractivity contribution in [1.82, 2.24) is 5.32 Å². The Hall–Kier alpha value is -2.25. The fraction of sp³-hybridized carbons (Fsp3) is 0.455. The number of sulfone groups is 1. The predicted octanol–water partition coefficient (Wildman–Crippen LogP) is 3.49. The molecule has 1 unspecified atom stereocenters. The summed E-state index contributed by atoms with van der Waals surface area (Å²) in [6.45, 7) is 6.57. The highest BCUT2D eigenvalue weighted by atomic mass is 32.2. The van der Waals surface area contributed by atoms with Crippen molar-refractivity contribution in [1.29, 1.82) is 0 Å². The summed E-state index contributed by atoms with van der Waals surface area (Å²) in [5.41, 5.74) is 0.940. The number of nitrogens with one attached hydrogen (secondary N) is 1. The van der Waals surface area contributed by atoms with Crippen molar-refractivity contribution < 1.29 is 22.6 Å². The van der Waals surface area contributed by atoms with E-state index in [1.807, 2.05) is 30.3 Å². The van der Waals surface area contributed by atoms with Gasteiger partial charge in [-0.05, 0) is 57.0 Å². The van der Waals surface area contributed by atoms with Crippen molar-refractivity contribution in [2.24, 2.45) is 0 Å². The maximum absolute atomic E-state index is 12.6. The van der Waals surface area contributed by atoms with Crippen LogP contribution in [0.15, 0.2) is 47.4 Å². The summed E-state index contributed by atoms with van der Waals surface area (Å²) in [4.78, 5) is 0.249. The molecule has 7 heteroatoms. The van der Waals surface area contributed by atoms with Gasteiger partial charge in [0.25, 0.3) is 0 Å². The van der Waals surface area contributed by atoms with Crippen LogP contribution in [0.3, 0.4) is 0 Å². The lowest BCUT2D eigenvalue weighted by Gasteiger charge is -2.17. The van der Waals surface area contributed by atoms with Crippen LogP contribution in [-0.2, 0) is 16.3 Å². The molecule has 0 saturated heterocycles. The third-order valence-corrected chi connectivity index (χ3v) is 6.79. The van der Waals surface area contributed by atoms with Crippen LogP contribution in [0.5, 0.6) is 17.2 Å².